The van der Waals surface area contributed by atoms with Crippen molar-refractivity contribution in [2.24, 2.45) is 5.92 Å². The Morgan fingerprint density at radius 2 is 1.83 bits per heavy atom. The third-order valence-corrected chi connectivity index (χ3v) is 4.40. The number of alkyl carbamates (subject to hydrolysis) is 1. The van der Waals surface area contributed by atoms with E-state index in [1.807, 2.05) is 0 Å². The Balaban J connectivity index is 2.75. The van der Waals surface area contributed by atoms with Crippen molar-refractivity contribution in [3.05, 3.63) is 33.8 Å². The molecule has 0 heterocycles. The minimum Gasteiger partial charge on any atom is -0.481 e. The molecule has 11 heteroatoms. The van der Waals surface area contributed by atoms with Crippen LogP contribution in [0.5, 0.6) is 0 Å². The fourth-order valence-corrected chi connectivity index (χ4v) is 2.72. The number of carboxylic acid groups (broad SMARTS) is 1. The van der Waals surface area contributed by atoms with Gasteiger partial charge < -0.3 is 20.5 Å². The zero-order valence-corrected chi connectivity index (χ0v) is 17.2. The summed E-state index contributed by atoms with van der Waals surface area (Å²) in [5, 5.41) is 14.0. The summed E-state index contributed by atoms with van der Waals surface area (Å²) in [5.41, 5.74) is 0.492. The summed E-state index contributed by atoms with van der Waals surface area (Å²) in [7, 11) is 0. The minimum absolute atomic E-state index is 0.184. The van der Waals surface area contributed by atoms with Gasteiger partial charge in [-0.3, -0.25) is 14.4 Å². The van der Waals surface area contributed by atoms with Gasteiger partial charge >= 0.3 is 12.1 Å². The maximum Gasteiger partial charge on any atom is 0.408 e. The highest BCUT2D eigenvalue weighted by atomic mass is 35.5. The molecule has 0 aliphatic rings. The number of hydrogen-bond acceptors (Lipinski definition) is 5. The van der Waals surface area contributed by atoms with E-state index in [1.54, 1.807) is 26.0 Å². The normalized spacial score (nSPS) is 12.8. The van der Waals surface area contributed by atoms with Gasteiger partial charge in [-0.15, -0.1) is 0 Å². The Hall–Kier alpha value is -2.39. The van der Waals surface area contributed by atoms with Crippen LogP contribution in [0.15, 0.2) is 18.2 Å². The van der Waals surface area contributed by atoms with Crippen molar-refractivity contribution < 1.29 is 33.4 Å². The molecular formula is C18H21Cl2FN2O6. The van der Waals surface area contributed by atoms with Gasteiger partial charge in [-0.1, -0.05) is 43.1 Å². The molecule has 0 saturated heterocycles. The molecular weight excluding hydrogens is 430 g/mol. The average molecular weight is 451 g/mol. The topological polar surface area (TPSA) is 122 Å². The number of carbonyl (C=O) groups excluding carboxylic acids is 3. The highest BCUT2D eigenvalue weighted by molar-refractivity contribution is 6.35. The quantitative estimate of drug-likeness (QED) is 0.503. The summed E-state index contributed by atoms with van der Waals surface area (Å²) < 4.78 is 17.7. The van der Waals surface area contributed by atoms with E-state index in [1.165, 1.54) is 6.07 Å². The molecule has 160 valence electrons. The summed E-state index contributed by atoms with van der Waals surface area (Å²) in [6.07, 6.45) is -1.71. The van der Waals surface area contributed by atoms with Crippen molar-refractivity contribution in [1.82, 2.24) is 10.6 Å². The maximum absolute atomic E-state index is 12.6. The number of hydrogen-bond donors (Lipinski definition) is 3. The molecule has 8 nitrogen and oxygen atoms in total. The first-order valence-corrected chi connectivity index (χ1v) is 9.28. The molecule has 0 aromatic heterocycles. The first kappa shape index (κ1) is 24.6. The van der Waals surface area contributed by atoms with Gasteiger partial charge in [0.2, 0.25) is 5.91 Å². The van der Waals surface area contributed by atoms with E-state index >= 15 is 0 Å². The van der Waals surface area contributed by atoms with Crippen LogP contribution >= 0.6 is 23.2 Å². The van der Waals surface area contributed by atoms with Gasteiger partial charge in [0.25, 0.3) is 0 Å². The number of carboxylic acids is 1. The molecule has 2 atom stereocenters. The molecule has 0 spiro atoms. The molecule has 0 fully saturated rings. The predicted octanol–water partition coefficient (Wildman–Crippen LogP) is 2.74. The summed E-state index contributed by atoms with van der Waals surface area (Å²) in [5.74, 6) is -3.74. The van der Waals surface area contributed by atoms with E-state index in [0.29, 0.717) is 15.6 Å². The number of rotatable bonds is 10. The van der Waals surface area contributed by atoms with Gasteiger partial charge in [0.15, 0.2) is 5.78 Å². The first-order valence-electron chi connectivity index (χ1n) is 8.53. The zero-order chi connectivity index (χ0) is 22.1. The van der Waals surface area contributed by atoms with Gasteiger partial charge in [-0.2, -0.15) is 0 Å². The van der Waals surface area contributed by atoms with Crippen molar-refractivity contribution in [1.29, 1.82) is 0 Å². The molecule has 1 rings (SSSR count). The Morgan fingerprint density at radius 1 is 1.17 bits per heavy atom. The second-order valence-corrected chi connectivity index (χ2v) is 7.28. The number of carbonyl (C=O) groups is 4. The molecule has 3 N–H and O–H groups in total. The van der Waals surface area contributed by atoms with E-state index < -0.39 is 54.8 Å². The van der Waals surface area contributed by atoms with Crippen LogP contribution in [0.3, 0.4) is 0 Å². The van der Waals surface area contributed by atoms with Crippen LogP contribution in [0.2, 0.25) is 10.0 Å². The van der Waals surface area contributed by atoms with Gasteiger partial charge in [-0.05, 0) is 18.1 Å². The van der Waals surface area contributed by atoms with Gasteiger partial charge in [-0.25, -0.2) is 9.18 Å². The van der Waals surface area contributed by atoms with Gasteiger partial charge in [0, 0.05) is 15.6 Å². The Bertz CT molecular complexity index is 775. The largest absolute Gasteiger partial charge is 0.481 e. The predicted molar refractivity (Wildman–Crippen MR) is 104 cm³/mol. The number of Topliss-reactive ketones (excluding diaryl/α,β-unsaturated/α-hetero) is 1. The summed E-state index contributed by atoms with van der Waals surface area (Å²) in [6, 6.07) is 1.93. The fraction of sp³-hybridized carbons (Fsp3) is 0.444. The molecule has 0 aliphatic heterocycles. The Kier molecular flexibility index (Phi) is 9.84. The van der Waals surface area contributed by atoms with Crippen molar-refractivity contribution >= 4 is 47.0 Å². The van der Waals surface area contributed by atoms with E-state index in [2.05, 4.69) is 10.6 Å². The lowest BCUT2D eigenvalue weighted by atomic mass is 10.0. The lowest BCUT2D eigenvalue weighted by molar-refractivity contribution is -0.140. The lowest BCUT2D eigenvalue weighted by Gasteiger charge is -2.24. The van der Waals surface area contributed by atoms with Crippen LogP contribution in [0.25, 0.3) is 0 Å². The lowest BCUT2D eigenvalue weighted by Crippen LogP contribution is -2.54. The second-order valence-electron chi connectivity index (χ2n) is 6.44. The summed E-state index contributed by atoms with van der Waals surface area (Å²) >= 11 is 11.8. The van der Waals surface area contributed by atoms with E-state index in [9.17, 15) is 23.6 Å². The third-order valence-electron chi connectivity index (χ3n) is 3.81. The van der Waals surface area contributed by atoms with Crippen molar-refractivity contribution in [3.63, 3.8) is 0 Å². The number of amides is 2. The Morgan fingerprint density at radius 3 is 2.34 bits per heavy atom. The standard InChI is InChI=1S/C18H21Cl2FN2O6/c1-9(2)16(17(27)22-13(6-15(25)26)14(24)7-21)23-18(28)29-8-10-3-4-11(19)5-12(10)20/h3-5,9,13,16H,6-8H2,1-2H3,(H,22,27)(H,23,28)(H,25,26). The van der Waals surface area contributed by atoms with Gasteiger partial charge in [0.05, 0.1) is 6.42 Å². The van der Waals surface area contributed by atoms with E-state index in [0.717, 1.165) is 0 Å². The SMILES string of the molecule is CC(C)C(NC(=O)OCc1ccc(Cl)cc1Cl)C(=O)NC(CC(=O)O)C(=O)CF. The number of nitrogens with one attached hydrogen (secondary N) is 2. The second kappa shape index (κ2) is 11.6. The molecule has 0 aliphatic carbocycles. The highest BCUT2D eigenvalue weighted by Crippen LogP contribution is 2.21. The molecule has 1 aromatic rings. The summed E-state index contributed by atoms with van der Waals surface area (Å²) in [4.78, 5) is 46.8. The monoisotopic (exact) mass is 450 g/mol. The number of ketones is 1. The molecule has 0 radical (unpaired) electrons. The highest BCUT2D eigenvalue weighted by Gasteiger charge is 2.30. The van der Waals surface area contributed by atoms with Crippen LogP contribution in [0.1, 0.15) is 25.8 Å². The van der Waals surface area contributed by atoms with Crippen LogP contribution in [0, 0.1) is 5.92 Å². The van der Waals surface area contributed by atoms with Crippen molar-refractivity contribution in [2.45, 2.75) is 39.0 Å². The molecule has 0 saturated carbocycles. The molecule has 2 unspecified atom stereocenters. The van der Waals surface area contributed by atoms with Crippen LogP contribution in [-0.2, 0) is 25.7 Å². The number of ether oxygens (including phenoxy) is 1. The fourth-order valence-electron chi connectivity index (χ4n) is 2.26. The maximum atomic E-state index is 12.6. The van der Waals surface area contributed by atoms with Crippen LogP contribution in [-0.4, -0.2) is 47.6 Å². The molecule has 29 heavy (non-hydrogen) atoms. The van der Waals surface area contributed by atoms with Crippen LogP contribution < -0.4 is 10.6 Å². The van der Waals surface area contributed by atoms with E-state index in [-0.39, 0.29) is 6.61 Å². The summed E-state index contributed by atoms with van der Waals surface area (Å²) in [6.45, 7) is 1.62. The molecule has 0 bridgehead atoms. The number of benzene rings is 1. The average Bonchev–Trinajstić information content (AvgIpc) is 2.63. The molecule has 2 amide bonds. The Labute approximate surface area is 176 Å². The minimum atomic E-state index is -1.54. The number of aliphatic carboxylic acids is 1. The van der Waals surface area contributed by atoms with Crippen molar-refractivity contribution in [2.75, 3.05) is 6.67 Å². The molecule has 1 aromatic carbocycles. The smallest absolute Gasteiger partial charge is 0.408 e. The number of alkyl halides is 1. The van der Waals surface area contributed by atoms with E-state index in [4.69, 9.17) is 33.0 Å². The van der Waals surface area contributed by atoms with Crippen molar-refractivity contribution in [3.8, 4) is 0 Å². The third kappa shape index (κ3) is 8.25. The van der Waals surface area contributed by atoms with Crippen LogP contribution in [0.4, 0.5) is 9.18 Å². The van der Waals surface area contributed by atoms with Gasteiger partial charge in [0.1, 0.15) is 25.4 Å². The number of halogens is 3. The first-order chi connectivity index (χ1) is 13.5. The zero-order valence-electron chi connectivity index (χ0n) is 15.7.